The Morgan fingerprint density at radius 1 is 1.35 bits per heavy atom. The Bertz CT molecular complexity index is 602. The summed E-state index contributed by atoms with van der Waals surface area (Å²) in [5, 5.41) is 2.62. The average Bonchev–Trinajstić information content (AvgIpc) is 2.34. The first-order valence-electron chi connectivity index (χ1n) is 6.15. The quantitative estimate of drug-likeness (QED) is 0.848. The number of halogens is 2. The van der Waals surface area contributed by atoms with Crippen molar-refractivity contribution in [1.29, 1.82) is 0 Å². The summed E-state index contributed by atoms with van der Waals surface area (Å²) in [4.78, 5) is 11.4. The lowest BCUT2D eigenvalue weighted by molar-refractivity contribution is 0.0940. The third-order valence-corrected chi connectivity index (χ3v) is 4.54. The Balaban J connectivity index is 2.85. The minimum absolute atomic E-state index is 0.204. The summed E-state index contributed by atoms with van der Waals surface area (Å²) in [6, 6.07) is 2.95. The molecule has 112 valence electrons. The van der Waals surface area contributed by atoms with E-state index in [0.717, 1.165) is 18.2 Å². The standard InChI is InChI=1S/C13H17ClFNO3S/c1-8(2)9(3)7-16-13(17)11-5-4-10(6-12(11)15)20(14,18)19/h4-6,8-9H,7H2,1-3H3,(H,16,17). The first kappa shape index (κ1) is 16.9. The van der Waals surface area contributed by atoms with Crippen LogP contribution in [-0.2, 0) is 9.05 Å². The smallest absolute Gasteiger partial charge is 0.261 e. The molecule has 1 aromatic carbocycles. The fourth-order valence-electron chi connectivity index (χ4n) is 1.42. The monoisotopic (exact) mass is 321 g/mol. The Kier molecular flexibility index (Phi) is 5.53. The molecule has 1 atom stereocenters. The molecule has 0 aliphatic carbocycles. The van der Waals surface area contributed by atoms with E-state index in [1.54, 1.807) is 0 Å². The first-order valence-corrected chi connectivity index (χ1v) is 8.46. The largest absolute Gasteiger partial charge is 0.352 e. The fraction of sp³-hybridized carbons (Fsp3) is 0.462. The van der Waals surface area contributed by atoms with Gasteiger partial charge in [0.2, 0.25) is 0 Å². The number of nitrogens with one attached hydrogen (secondary N) is 1. The molecule has 1 rings (SSSR count). The molecule has 0 heterocycles. The molecule has 1 amide bonds. The maximum absolute atomic E-state index is 13.7. The molecule has 0 aromatic heterocycles. The number of amides is 1. The number of hydrogen-bond donors (Lipinski definition) is 1. The van der Waals surface area contributed by atoms with Crippen LogP contribution in [0.1, 0.15) is 31.1 Å². The summed E-state index contributed by atoms with van der Waals surface area (Å²) in [5.41, 5.74) is -0.204. The molecule has 0 aliphatic rings. The highest BCUT2D eigenvalue weighted by Gasteiger charge is 2.17. The van der Waals surface area contributed by atoms with Gasteiger partial charge in [0.1, 0.15) is 5.82 Å². The summed E-state index contributed by atoms with van der Waals surface area (Å²) in [7, 11) is 1.10. The molecule has 1 N–H and O–H groups in total. The zero-order valence-electron chi connectivity index (χ0n) is 11.5. The summed E-state index contributed by atoms with van der Waals surface area (Å²) in [6.07, 6.45) is 0. The van der Waals surface area contributed by atoms with Gasteiger partial charge in [-0.15, -0.1) is 0 Å². The number of carbonyl (C=O) groups is 1. The predicted octanol–water partition coefficient (Wildman–Crippen LogP) is 2.78. The van der Waals surface area contributed by atoms with E-state index in [2.05, 4.69) is 5.32 Å². The van der Waals surface area contributed by atoms with Gasteiger partial charge in [0.15, 0.2) is 0 Å². The predicted molar refractivity (Wildman–Crippen MR) is 75.8 cm³/mol. The molecule has 0 spiro atoms. The van der Waals surface area contributed by atoms with Crippen molar-refractivity contribution in [3.8, 4) is 0 Å². The van der Waals surface area contributed by atoms with Crippen molar-refractivity contribution in [3.63, 3.8) is 0 Å². The molecule has 0 radical (unpaired) electrons. The van der Waals surface area contributed by atoms with Gasteiger partial charge in [-0.2, -0.15) is 0 Å². The van der Waals surface area contributed by atoms with Crippen LogP contribution in [0.4, 0.5) is 4.39 Å². The van der Waals surface area contributed by atoms with Gasteiger partial charge in [-0.3, -0.25) is 4.79 Å². The van der Waals surface area contributed by atoms with Gasteiger partial charge in [-0.1, -0.05) is 20.8 Å². The highest BCUT2D eigenvalue weighted by molar-refractivity contribution is 8.13. The van der Waals surface area contributed by atoms with Gasteiger partial charge < -0.3 is 5.32 Å². The normalized spacial score (nSPS) is 13.3. The summed E-state index contributed by atoms with van der Waals surface area (Å²) in [6.45, 7) is 6.45. The second-order valence-corrected chi connectivity index (χ2v) is 7.58. The van der Waals surface area contributed by atoms with Crippen molar-refractivity contribution in [1.82, 2.24) is 5.32 Å². The van der Waals surface area contributed by atoms with E-state index in [9.17, 15) is 17.6 Å². The number of rotatable bonds is 5. The van der Waals surface area contributed by atoms with E-state index < -0.39 is 20.8 Å². The van der Waals surface area contributed by atoms with E-state index in [-0.39, 0.29) is 16.4 Å². The van der Waals surface area contributed by atoms with Crippen LogP contribution in [0, 0.1) is 17.7 Å². The Morgan fingerprint density at radius 3 is 2.40 bits per heavy atom. The maximum atomic E-state index is 13.7. The van der Waals surface area contributed by atoms with Crippen molar-refractivity contribution < 1.29 is 17.6 Å². The fourth-order valence-corrected chi connectivity index (χ4v) is 2.18. The van der Waals surface area contributed by atoms with E-state index in [1.165, 1.54) is 0 Å². The van der Waals surface area contributed by atoms with Crippen LogP contribution < -0.4 is 5.32 Å². The highest BCUT2D eigenvalue weighted by Crippen LogP contribution is 2.18. The molecule has 0 fully saturated rings. The van der Waals surface area contributed by atoms with E-state index >= 15 is 0 Å². The van der Waals surface area contributed by atoms with Crippen molar-refractivity contribution in [2.45, 2.75) is 25.7 Å². The van der Waals surface area contributed by atoms with E-state index in [4.69, 9.17) is 10.7 Å². The number of hydrogen-bond acceptors (Lipinski definition) is 3. The van der Waals surface area contributed by atoms with Crippen molar-refractivity contribution in [2.75, 3.05) is 6.54 Å². The third-order valence-electron chi connectivity index (χ3n) is 3.19. The molecule has 1 unspecified atom stereocenters. The number of benzene rings is 1. The van der Waals surface area contributed by atoms with Crippen molar-refractivity contribution >= 4 is 25.6 Å². The summed E-state index contributed by atoms with van der Waals surface area (Å²) in [5.74, 6) is -0.844. The molecule has 7 heteroatoms. The van der Waals surface area contributed by atoms with Crippen LogP contribution in [0.2, 0.25) is 0 Å². The van der Waals surface area contributed by atoms with Crippen LogP contribution in [0.15, 0.2) is 23.1 Å². The lowest BCUT2D eigenvalue weighted by Gasteiger charge is -2.16. The first-order chi connectivity index (χ1) is 9.12. The molecular weight excluding hydrogens is 305 g/mol. The summed E-state index contributed by atoms with van der Waals surface area (Å²) >= 11 is 0. The van der Waals surface area contributed by atoms with Gasteiger partial charge in [-0.25, -0.2) is 12.8 Å². The zero-order valence-corrected chi connectivity index (χ0v) is 13.1. The van der Waals surface area contributed by atoms with Gasteiger partial charge in [-0.05, 0) is 30.0 Å². The third kappa shape index (κ3) is 4.45. The molecule has 0 bridgehead atoms. The molecule has 0 aliphatic heterocycles. The van der Waals surface area contributed by atoms with Crippen LogP contribution in [0.25, 0.3) is 0 Å². The zero-order chi connectivity index (χ0) is 15.5. The Hall–Kier alpha value is -1.14. The van der Waals surface area contributed by atoms with Crippen molar-refractivity contribution in [3.05, 3.63) is 29.6 Å². The topological polar surface area (TPSA) is 63.2 Å². The maximum Gasteiger partial charge on any atom is 0.261 e. The van der Waals surface area contributed by atoms with Gasteiger partial charge in [0.25, 0.3) is 15.0 Å². The summed E-state index contributed by atoms with van der Waals surface area (Å²) < 4.78 is 35.8. The van der Waals surface area contributed by atoms with Crippen LogP contribution in [0.3, 0.4) is 0 Å². The lowest BCUT2D eigenvalue weighted by atomic mass is 9.98. The molecule has 20 heavy (non-hydrogen) atoms. The van der Waals surface area contributed by atoms with Crippen LogP contribution in [0.5, 0.6) is 0 Å². The molecule has 1 aromatic rings. The van der Waals surface area contributed by atoms with E-state index in [0.29, 0.717) is 12.5 Å². The molecule has 0 saturated heterocycles. The van der Waals surface area contributed by atoms with Crippen molar-refractivity contribution in [2.24, 2.45) is 11.8 Å². The SMILES string of the molecule is CC(C)C(C)CNC(=O)c1ccc(S(=O)(=O)Cl)cc1F. The average molecular weight is 322 g/mol. The van der Waals surface area contributed by atoms with Gasteiger partial charge in [0, 0.05) is 17.2 Å². The number of carbonyl (C=O) groups excluding carboxylic acids is 1. The Morgan fingerprint density at radius 2 is 1.95 bits per heavy atom. The lowest BCUT2D eigenvalue weighted by Crippen LogP contribution is -2.30. The van der Waals surface area contributed by atoms with Crippen LogP contribution in [-0.4, -0.2) is 20.9 Å². The molecule has 0 saturated carbocycles. The molecule has 4 nitrogen and oxygen atoms in total. The van der Waals surface area contributed by atoms with Gasteiger partial charge >= 0.3 is 0 Å². The second kappa shape index (κ2) is 6.54. The van der Waals surface area contributed by atoms with Gasteiger partial charge in [0.05, 0.1) is 10.5 Å². The highest BCUT2D eigenvalue weighted by atomic mass is 35.7. The van der Waals surface area contributed by atoms with Crippen LogP contribution >= 0.6 is 10.7 Å². The minimum Gasteiger partial charge on any atom is -0.352 e. The second-order valence-electron chi connectivity index (χ2n) is 5.01. The van der Waals surface area contributed by atoms with E-state index in [1.807, 2.05) is 20.8 Å². The Labute approximate surface area is 122 Å². The molecular formula is C13H17ClFNO3S. The minimum atomic E-state index is -4.00.